The Labute approximate surface area is 143 Å². The Bertz CT molecular complexity index is 930. The number of aromatic amines is 1. The highest BCUT2D eigenvalue weighted by Crippen LogP contribution is 2.25. The van der Waals surface area contributed by atoms with Crippen molar-refractivity contribution in [3.05, 3.63) is 47.4 Å². The fraction of sp³-hybridized carbons (Fsp3) is 0.176. The molecule has 2 heterocycles. The monoisotopic (exact) mass is 340 g/mol. The number of nitrogens with one attached hydrogen (secondary N) is 2. The topological polar surface area (TPSA) is 106 Å². The van der Waals surface area contributed by atoms with Crippen LogP contribution in [-0.4, -0.2) is 41.1 Å². The van der Waals surface area contributed by atoms with Crippen molar-refractivity contribution in [3.63, 3.8) is 0 Å². The van der Waals surface area contributed by atoms with Gasteiger partial charge in [-0.3, -0.25) is 0 Å². The van der Waals surface area contributed by atoms with Crippen LogP contribution < -0.4 is 5.32 Å². The van der Waals surface area contributed by atoms with Crippen LogP contribution in [0.15, 0.2) is 30.6 Å². The van der Waals surface area contributed by atoms with Crippen molar-refractivity contribution >= 4 is 34.5 Å². The molecule has 8 heteroatoms. The van der Waals surface area contributed by atoms with Crippen molar-refractivity contribution in [3.8, 4) is 0 Å². The Kier molecular flexibility index (Phi) is 4.34. The van der Waals surface area contributed by atoms with Crippen LogP contribution in [0.3, 0.4) is 0 Å². The molecule has 3 aromatic rings. The van der Waals surface area contributed by atoms with Crippen molar-refractivity contribution in [2.45, 2.75) is 6.92 Å². The summed E-state index contributed by atoms with van der Waals surface area (Å²) in [7, 11) is 2.55. The van der Waals surface area contributed by atoms with E-state index in [4.69, 9.17) is 9.47 Å². The molecule has 0 bridgehead atoms. The number of ether oxygens (including phenoxy) is 2. The van der Waals surface area contributed by atoms with Crippen LogP contribution in [0.1, 0.15) is 26.4 Å². The van der Waals surface area contributed by atoms with Crippen LogP contribution in [0.4, 0.5) is 11.5 Å². The lowest BCUT2D eigenvalue weighted by Crippen LogP contribution is -2.08. The Morgan fingerprint density at radius 2 is 1.64 bits per heavy atom. The second-order valence-corrected chi connectivity index (χ2v) is 5.34. The summed E-state index contributed by atoms with van der Waals surface area (Å²) in [6.45, 7) is 1.92. The zero-order valence-corrected chi connectivity index (χ0v) is 13.9. The molecule has 0 saturated heterocycles. The van der Waals surface area contributed by atoms with Crippen LogP contribution >= 0.6 is 0 Å². The van der Waals surface area contributed by atoms with Gasteiger partial charge in [0.05, 0.1) is 30.7 Å². The minimum Gasteiger partial charge on any atom is -0.465 e. The number of rotatable bonds is 4. The molecular weight excluding hydrogens is 324 g/mol. The fourth-order valence-corrected chi connectivity index (χ4v) is 2.48. The average Bonchev–Trinajstić information content (AvgIpc) is 3.01. The molecule has 0 unspecified atom stereocenters. The maximum absolute atomic E-state index is 11.9. The number of methoxy groups -OCH3 is 2. The normalized spacial score (nSPS) is 10.5. The number of fused-ring (bicyclic) bond motifs is 1. The van der Waals surface area contributed by atoms with Gasteiger partial charge in [-0.2, -0.15) is 0 Å². The van der Waals surface area contributed by atoms with E-state index in [-0.39, 0.29) is 11.1 Å². The zero-order valence-electron chi connectivity index (χ0n) is 13.9. The Hall–Kier alpha value is -3.42. The Morgan fingerprint density at radius 1 is 1.00 bits per heavy atom. The number of carbonyl (C=O) groups excluding carboxylic acids is 2. The van der Waals surface area contributed by atoms with E-state index in [2.05, 4.69) is 20.3 Å². The van der Waals surface area contributed by atoms with Crippen LogP contribution in [0, 0.1) is 6.92 Å². The van der Waals surface area contributed by atoms with E-state index in [1.54, 1.807) is 12.1 Å². The van der Waals surface area contributed by atoms with E-state index in [0.29, 0.717) is 17.2 Å². The second-order valence-electron chi connectivity index (χ2n) is 5.34. The highest BCUT2D eigenvalue weighted by molar-refractivity contribution is 5.98. The molecule has 0 aliphatic heterocycles. The summed E-state index contributed by atoms with van der Waals surface area (Å²) in [6.07, 6.45) is 1.42. The molecule has 0 atom stereocenters. The van der Waals surface area contributed by atoms with Gasteiger partial charge in [0.1, 0.15) is 17.8 Å². The first-order chi connectivity index (χ1) is 12.0. The minimum absolute atomic E-state index is 0.225. The first-order valence-corrected chi connectivity index (χ1v) is 7.41. The second kappa shape index (κ2) is 6.60. The standard InChI is InChI=1S/C17H16N4O4/c1-9-4-13-14(20-9)18-8-19-15(13)21-12-6-10(16(22)24-2)5-11(7-12)17(23)25-3/h4-8H,1-3H3,(H2,18,19,20,21). The van der Waals surface area contributed by atoms with Gasteiger partial charge in [0.15, 0.2) is 0 Å². The molecule has 0 fully saturated rings. The Morgan fingerprint density at radius 3 is 2.24 bits per heavy atom. The summed E-state index contributed by atoms with van der Waals surface area (Å²) in [5.41, 5.74) is 2.58. The first kappa shape index (κ1) is 16.4. The smallest absolute Gasteiger partial charge is 0.337 e. The summed E-state index contributed by atoms with van der Waals surface area (Å²) in [6, 6.07) is 6.47. The Balaban J connectivity index is 2.06. The van der Waals surface area contributed by atoms with E-state index in [1.165, 1.54) is 26.6 Å². The highest BCUT2D eigenvalue weighted by Gasteiger charge is 2.15. The molecule has 2 N–H and O–H groups in total. The summed E-state index contributed by atoms with van der Waals surface area (Å²) < 4.78 is 9.47. The van der Waals surface area contributed by atoms with Gasteiger partial charge in [-0.05, 0) is 31.2 Å². The number of aromatic nitrogens is 3. The van der Waals surface area contributed by atoms with E-state index in [0.717, 1.165) is 11.1 Å². The van der Waals surface area contributed by atoms with E-state index >= 15 is 0 Å². The molecule has 0 amide bonds. The van der Waals surface area contributed by atoms with Crippen LogP contribution in [0.2, 0.25) is 0 Å². The van der Waals surface area contributed by atoms with Gasteiger partial charge in [0, 0.05) is 11.4 Å². The number of anilines is 2. The molecule has 2 aromatic heterocycles. The molecule has 25 heavy (non-hydrogen) atoms. The molecule has 0 aliphatic rings. The largest absolute Gasteiger partial charge is 0.465 e. The lowest BCUT2D eigenvalue weighted by atomic mass is 10.1. The van der Waals surface area contributed by atoms with Gasteiger partial charge in [0.2, 0.25) is 0 Å². The molecule has 8 nitrogen and oxygen atoms in total. The van der Waals surface area contributed by atoms with E-state index in [9.17, 15) is 9.59 Å². The summed E-state index contributed by atoms with van der Waals surface area (Å²) in [5.74, 6) is -0.564. The van der Waals surface area contributed by atoms with Gasteiger partial charge in [-0.15, -0.1) is 0 Å². The summed E-state index contributed by atoms with van der Waals surface area (Å²) in [4.78, 5) is 35.2. The number of benzene rings is 1. The minimum atomic E-state index is -0.556. The van der Waals surface area contributed by atoms with Gasteiger partial charge in [-0.25, -0.2) is 19.6 Å². The maximum Gasteiger partial charge on any atom is 0.337 e. The molecule has 1 aromatic carbocycles. The number of hydrogen-bond donors (Lipinski definition) is 2. The predicted octanol–water partition coefficient (Wildman–Crippen LogP) is 2.58. The number of H-pyrrole nitrogens is 1. The average molecular weight is 340 g/mol. The number of esters is 2. The highest BCUT2D eigenvalue weighted by atomic mass is 16.5. The maximum atomic E-state index is 11.9. The summed E-state index contributed by atoms with van der Waals surface area (Å²) >= 11 is 0. The lowest BCUT2D eigenvalue weighted by Gasteiger charge is -2.10. The zero-order chi connectivity index (χ0) is 18.0. The van der Waals surface area contributed by atoms with Gasteiger partial charge in [-0.1, -0.05) is 0 Å². The molecule has 0 radical (unpaired) electrons. The van der Waals surface area contributed by atoms with E-state index < -0.39 is 11.9 Å². The predicted molar refractivity (Wildman–Crippen MR) is 91.0 cm³/mol. The molecular formula is C17H16N4O4. The van der Waals surface area contributed by atoms with Crippen molar-refractivity contribution < 1.29 is 19.1 Å². The van der Waals surface area contributed by atoms with Crippen molar-refractivity contribution in [1.82, 2.24) is 15.0 Å². The molecule has 0 aliphatic carbocycles. The van der Waals surface area contributed by atoms with Crippen molar-refractivity contribution in [2.75, 3.05) is 19.5 Å². The van der Waals surface area contributed by atoms with E-state index in [1.807, 2.05) is 13.0 Å². The first-order valence-electron chi connectivity index (χ1n) is 7.41. The third kappa shape index (κ3) is 3.27. The van der Waals surface area contributed by atoms with Gasteiger partial charge >= 0.3 is 11.9 Å². The van der Waals surface area contributed by atoms with Crippen molar-refractivity contribution in [1.29, 1.82) is 0 Å². The molecule has 128 valence electrons. The number of carbonyl (C=O) groups is 2. The SMILES string of the molecule is COC(=O)c1cc(Nc2ncnc3[nH]c(C)cc23)cc(C(=O)OC)c1. The van der Waals surface area contributed by atoms with Crippen LogP contribution in [-0.2, 0) is 9.47 Å². The number of hydrogen-bond acceptors (Lipinski definition) is 7. The third-order valence-corrected chi connectivity index (χ3v) is 3.60. The van der Waals surface area contributed by atoms with Gasteiger partial charge in [0.25, 0.3) is 0 Å². The number of nitrogens with zero attached hydrogens (tertiary/aromatic N) is 2. The molecule has 3 rings (SSSR count). The fourth-order valence-electron chi connectivity index (χ4n) is 2.48. The quantitative estimate of drug-likeness (QED) is 0.703. The lowest BCUT2D eigenvalue weighted by molar-refractivity contribution is 0.0599. The van der Waals surface area contributed by atoms with Crippen LogP contribution in [0.5, 0.6) is 0 Å². The van der Waals surface area contributed by atoms with Crippen LogP contribution in [0.25, 0.3) is 11.0 Å². The van der Waals surface area contributed by atoms with Crippen molar-refractivity contribution in [2.24, 2.45) is 0 Å². The molecule has 0 spiro atoms. The third-order valence-electron chi connectivity index (χ3n) is 3.60. The summed E-state index contributed by atoms with van der Waals surface area (Å²) in [5, 5.41) is 3.91. The molecule has 0 saturated carbocycles. The number of aryl methyl sites for hydroxylation is 1. The van der Waals surface area contributed by atoms with Gasteiger partial charge < -0.3 is 19.8 Å².